The van der Waals surface area contributed by atoms with Crippen molar-refractivity contribution >= 4 is 23.0 Å². The van der Waals surface area contributed by atoms with Crippen LogP contribution in [0.3, 0.4) is 0 Å². The molecule has 0 saturated carbocycles. The van der Waals surface area contributed by atoms with Gasteiger partial charge in [0.15, 0.2) is 6.04 Å². The Hall–Kier alpha value is -2.40. The van der Waals surface area contributed by atoms with E-state index in [1.54, 1.807) is 6.07 Å². The number of hydrogen-bond acceptors (Lipinski definition) is 4. The van der Waals surface area contributed by atoms with E-state index in [4.69, 9.17) is 5.11 Å². The number of phenolic OH excluding ortho intramolecular Hbond substituents is 1. The van der Waals surface area contributed by atoms with E-state index in [0.717, 1.165) is 10.8 Å². The molecule has 0 aromatic heterocycles. The molecular weight excluding hydrogens is 258 g/mol. The summed E-state index contributed by atoms with van der Waals surface area (Å²) in [5.74, 6) is -1.20. The number of phenols is 1. The van der Waals surface area contributed by atoms with Crippen molar-refractivity contribution in [3.63, 3.8) is 0 Å². The quantitative estimate of drug-likeness (QED) is 0.741. The van der Waals surface area contributed by atoms with Gasteiger partial charge in [-0.1, -0.05) is 30.3 Å². The Morgan fingerprint density at radius 2 is 1.95 bits per heavy atom. The third kappa shape index (κ3) is 2.78. The zero-order chi connectivity index (χ0) is 14.7. The molecule has 0 heterocycles. The van der Waals surface area contributed by atoms with Gasteiger partial charge in [-0.05, 0) is 23.8 Å². The molecule has 2 aromatic rings. The molecule has 2 rings (SSSR count). The lowest BCUT2D eigenvalue weighted by atomic mass is 10.0. The van der Waals surface area contributed by atoms with Gasteiger partial charge < -0.3 is 15.3 Å². The van der Waals surface area contributed by atoms with Gasteiger partial charge in [0.25, 0.3) is 0 Å². The van der Waals surface area contributed by atoms with Crippen LogP contribution < -0.4 is 0 Å². The van der Waals surface area contributed by atoms with E-state index >= 15 is 0 Å². The maximum atomic E-state index is 11.0. The second-order valence-corrected chi connectivity index (χ2v) is 4.52. The van der Waals surface area contributed by atoms with Crippen molar-refractivity contribution in [2.24, 2.45) is 4.99 Å². The molecule has 0 aliphatic rings. The van der Waals surface area contributed by atoms with E-state index in [1.807, 2.05) is 24.3 Å². The predicted molar refractivity (Wildman–Crippen MR) is 76.3 cm³/mol. The topological polar surface area (TPSA) is 90.1 Å². The van der Waals surface area contributed by atoms with E-state index in [1.165, 1.54) is 19.2 Å². The van der Waals surface area contributed by atoms with Crippen LogP contribution in [0.15, 0.2) is 41.4 Å². The van der Waals surface area contributed by atoms with Crippen LogP contribution in [0.2, 0.25) is 0 Å². The molecule has 0 radical (unpaired) electrons. The van der Waals surface area contributed by atoms with E-state index in [9.17, 15) is 15.0 Å². The van der Waals surface area contributed by atoms with E-state index in [0.29, 0.717) is 5.56 Å². The fourth-order valence-corrected chi connectivity index (χ4v) is 1.97. The summed E-state index contributed by atoms with van der Waals surface area (Å²) in [6, 6.07) is 9.43. The minimum absolute atomic E-state index is 0.0159. The zero-order valence-corrected chi connectivity index (χ0v) is 10.9. The number of aromatic hydroxyl groups is 1. The van der Waals surface area contributed by atoms with Gasteiger partial charge in [-0.25, -0.2) is 4.79 Å². The molecule has 0 bridgehead atoms. The summed E-state index contributed by atoms with van der Waals surface area (Å²) in [6.45, 7) is 1.36. The number of aliphatic carboxylic acids is 1. The zero-order valence-electron chi connectivity index (χ0n) is 10.9. The Labute approximate surface area is 115 Å². The van der Waals surface area contributed by atoms with Crippen molar-refractivity contribution in [1.82, 2.24) is 0 Å². The van der Waals surface area contributed by atoms with Gasteiger partial charge in [-0.3, -0.25) is 4.99 Å². The molecule has 2 aromatic carbocycles. The first-order valence-corrected chi connectivity index (χ1v) is 6.15. The summed E-state index contributed by atoms with van der Waals surface area (Å²) in [5.41, 5.74) is 0.440. The number of aliphatic imine (C=N–C) groups is 1. The molecule has 20 heavy (non-hydrogen) atoms. The summed E-state index contributed by atoms with van der Waals surface area (Å²) in [7, 11) is 0. The molecule has 0 amide bonds. The lowest BCUT2D eigenvalue weighted by molar-refractivity contribution is -0.140. The first-order valence-electron chi connectivity index (χ1n) is 6.15. The number of carbonyl (C=O) groups is 1. The van der Waals surface area contributed by atoms with Crippen molar-refractivity contribution < 1.29 is 20.1 Å². The molecule has 0 spiro atoms. The van der Waals surface area contributed by atoms with Crippen molar-refractivity contribution in [3.05, 3.63) is 42.0 Å². The SMILES string of the molecule is C[C@@H](O)[C@H](N=Cc1c(O)ccc2ccccc12)C(=O)O. The van der Waals surface area contributed by atoms with Gasteiger partial charge >= 0.3 is 5.97 Å². The highest BCUT2D eigenvalue weighted by Crippen LogP contribution is 2.25. The highest BCUT2D eigenvalue weighted by Gasteiger charge is 2.21. The van der Waals surface area contributed by atoms with Crippen LogP contribution >= 0.6 is 0 Å². The average molecular weight is 273 g/mol. The Kier molecular flexibility index (Phi) is 4.00. The summed E-state index contributed by atoms with van der Waals surface area (Å²) < 4.78 is 0. The number of aliphatic hydroxyl groups excluding tert-OH is 1. The van der Waals surface area contributed by atoms with Crippen LogP contribution in [-0.2, 0) is 4.79 Å². The second kappa shape index (κ2) is 5.71. The van der Waals surface area contributed by atoms with Crippen LogP contribution in [0.1, 0.15) is 12.5 Å². The summed E-state index contributed by atoms with van der Waals surface area (Å²) in [6.07, 6.45) is 0.185. The number of nitrogens with zero attached hydrogens (tertiary/aromatic N) is 1. The minimum atomic E-state index is -1.26. The first-order chi connectivity index (χ1) is 9.50. The smallest absolute Gasteiger partial charge is 0.331 e. The summed E-state index contributed by atoms with van der Waals surface area (Å²) in [5, 5.41) is 29.9. The summed E-state index contributed by atoms with van der Waals surface area (Å²) >= 11 is 0. The number of benzene rings is 2. The molecule has 3 N–H and O–H groups in total. The largest absolute Gasteiger partial charge is 0.507 e. The molecule has 5 nitrogen and oxygen atoms in total. The van der Waals surface area contributed by atoms with Gasteiger partial charge in [0.1, 0.15) is 5.75 Å². The monoisotopic (exact) mass is 273 g/mol. The number of aliphatic hydroxyl groups is 1. The number of carboxylic acids is 1. The third-order valence-corrected chi connectivity index (χ3v) is 3.02. The Balaban J connectivity index is 2.47. The molecular formula is C15H15NO4. The van der Waals surface area contributed by atoms with E-state index in [-0.39, 0.29) is 5.75 Å². The lowest BCUT2D eigenvalue weighted by Crippen LogP contribution is -2.30. The summed E-state index contributed by atoms with van der Waals surface area (Å²) in [4.78, 5) is 14.8. The van der Waals surface area contributed by atoms with Gasteiger partial charge in [-0.15, -0.1) is 0 Å². The average Bonchev–Trinajstić information content (AvgIpc) is 2.40. The van der Waals surface area contributed by atoms with Crippen molar-refractivity contribution in [2.45, 2.75) is 19.1 Å². The van der Waals surface area contributed by atoms with Gasteiger partial charge in [-0.2, -0.15) is 0 Å². The van der Waals surface area contributed by atoms with Crippen molar-refractivity contribution in [1.29, 1.82) is 0 Å². The third-order valence-electron chi connectivity index (χ3n) is 3.02. The number of rotatable bonds is 4. The van der Waals surface area contributed by atoms with Crippen molar-refractivity contribution in [3.8, 4) is 5.75 Å². The predicted octanol–water partition coefficient (Wildman–Crippen LogP) is 1.80. The lowest BCUT2D eigenvalue weighted by Gasteiger charge is -2.10. The second-order valence-electron chi connectivity index (χ2n) is 4.52. The fourth-order valence-electron chi connectivity index (χ4n) is 1.97. The first kappa shape index (κ1) is 14.0. The van der Waals surface area contributed by atoms with Crippen LogP contribution in [0.5, 0.6) is 5.75 Å². The van der Waals surface area contributed by atoms with Crippen LogP contribution in [-0.4, -0.2) is 39.6 Å². The highest BCUT2D eigenvalue weighted by molar-refractivity contribution is 6.02. The molecule has 0 aliphatic heterocycles. The van der Waals surface area contributed by atoms with E-state index in [2.05, 4.69) is 4.99 Å². The molecule has 0 fully saturated rings. The number of fused-ring (bicyclic) bond motifs is 1. The molecule has 0 aliphatic carbocycles. The highest BCUT2D eigenvalue weighted by atomic mass is 16.4. The Bertz CT molecular complexity index is 664. The standard InChI is InChI=1S/C15H15NO4/c1-9(17)14(15(19)20)16-8-12-11-5-3-2-4-10(11)6-7-13(12)18/h2-9,14,17-18H,1H3,(H,19,20)/t9-,14+/m1/s1. The molecule has 104 valence electrons. The molecule has 2 atom stereocenters. The number of hydrogen-bond donors (Lipinski definition) is 3. The normalized spacial score (nSPS) is 14.5. The molecule has 0 unspecified atom stereocenters. The van der Waals surface area contributed by atoms with Gasteiger partial charge in [0.05, 0.1) is 6.10 Å². The molecule has 0 saturated heterocycles. The van der Waals surface area contributed by atoms with Crippen molar-refractivity contribution in [2.75, 3.05) is 0 Å². The fraction of sp³-hybridized carbons (Fsp3) is 0.200. The Morgan fingerprint density at radius 3 is 2.60 bits per heavy atom. The van der Waals surface area contributed by atoms with Crippen LogP contribution in [0, 0.1) is 0 Å². The van der Waals surface area contributed by atoms with Gasteiger partial charge in [0, 0.05) is 11.8 Å². The van der Waals surface area contributed by atoms with Crippen LogP contribution in [0.25, 0.3) is 10.8 Å². The maximum absolute atomic E-state index is 11.0. The van der Waals surface area contributed by atoms with E-state index < -0.39 is 18.1 Å². The van der Waals surface area contributed by atoms with Crippen LogP contribution in [0.4, 0.5) is 0 Å². The number of carboxylic acid groups (broad SMARTS) is 1. The maximum Gasteiger partial charge on any atom is 0.331 e. The Morgan fingerprint density at radius 1 is 1.25 bits per heavy atom. The van der Waals surface area contributed by atoms with Gasteiger partial charge in [0.2, 0.25) is 0 Å². The molecule has 5 heteroatoms. The minimum Gasteiger partial charge on any atom is -0.507 e.